The molecule has 0 atom stereocenters. The molecule has 0 aromatic heterocycles. The van der Waals surface area contributed by atoms with Gasteiger partial charge in [0.15, 0.2) is 0 Å². The van der Waals surface area contributed by atoms with Crippen LogP contribution < -0.4 is 0 Å². The van der Waals surface area contributed by atoms with Crippen molar-refractivity contribution in [3.05, 3.63) is 48.6 Å². The number of carbonyl (C=O) groups is 1. The van der Waals surface area contributed by atoms with E-state index in [9.17, 15) is 4.79 Å². The van der Waals surface area contributed by atoms with Crippen molar-refractivity contribution in [1.29, 1.82) is 0 Å². The molecule has 0 heterocycles. The van der Waals surface area contributed by atoms with Crippen molar-refractivity contribution in [1.82, 2.24) is 0 Å². The molecule has 0 amide bonds. The molecule has 0 bridgehead atoms. The van der Waals surface area contributed by atoms with Gasteiger partial charge in [0.2, 0.25) is 0 Å². The Kier molecular flexibility index (Phi) is 16.2. The zero-order chi connectivity index (χ0) is 16.3. The van der Waals surface area contributed by atoms with Gasteiger partial charge in [-0.1, -0.05) is 68.4 Å². The highest BCUT2D eigenvalue weighted by Crippen LogP contribution is 2.01. The molecule has 124 valence electrons. The average Bonchev–Trinajstić information content (AvgIpc) is 2.50. The molecule has 0 unspecified atom stereocenters. The van der Waals surface area contributed by atoms with Gasteiger partial charge in [-0.2, -0.15) is 0 Å². The van der Waals surface area contributed by atoms with Crippen molar-refractivity contribution < 1.29 is 9.90 Å². The summed E-state index contributed by atoms with van der Waals surface area (Å²) < 4.78 is 0. The first-order valence-corrected chi connectivity index (χ1v) is 8.59. The summed E-state index contributed by atoms with van der Waals surface area (Å²) in [5.41, 5.74) is 0. The Balaban J connectivity index is 3.39. The highest BCUT2D eigenvalue weighted by molar-refractivity contribution is 5.66. The molecule has 22 heavy (non-hydrogen) atoms. The molecular formula is C20H32O2. The van der Waals surface area contributed by atoms with Crippen molar-refractivity contribution in [3.8, 4) is 0 Å². The summed E-state index contributed by atoms with van der Waals surface area (Å²) in [7, 11) is 0. The molecule has 0 radical (unpaired) electrons. The molecule has 1 N–H and O–H groups in total. The van der Waals surface area contributed by atoms with Gasteiger partial charge in [-0.05, 0) is 44.9 Å². The summed E-state index contributed by atoms with van der Waals surface area (Å²) in [6.45, 7) is 2.23. The van der Waals surface area contributed by atoms with Crippen LogP contribution in [-0.2, 0) is 4.79 Å². The Bertz CT molecular complexity index is 362. The topological polar surface area (TPSA) is 37.3 Å². The quantitative estimate of drug-likeness (QED) is 0.305. The lowest BCUT2D eigenvalue weighted by Gasteiger charge is -1.90. The summed E-state index contributed by atoms with van der Waals surface area (Å²) in [6, 6.07) is 0. The first-order valence-electron chi connectivity index (χ1n) is 8.59. The maximum absolute atomic E-state index is 10.3. The lowest BCUT2D eigenvalue weighted by molar-refractivity contribution is -0.136. The number of hydrogen-bond donors (Lipinski definition) is 1. The van der Waals surface area contributed by atoms with E-state index in [1.54, 1.807) is 0 Å². The highest BCUT2D eigenvalue weighted by atomic mass is 16.4. The van der Waals surface area contributed by atoms with Gasteiger partial charge in [0.25, 0.3) is 0 Å². The van der Waals surface area contributed by atoms with E-state index in [2.05, 4.69) is 49.5 Å². The molecule has 2 nitrogen and oxygen atoms in total. The third kappa shape index (κ3) is 18.4. The third-order valence-electron chi connectivity index (χ3n) is 3.21. The lowest BCUT2D eigenvalue weighted by Crippen LogP contribution is -1.91. The molecule has 0 fully saturated rings. The molecule has 0 saturated carbocycles. The molecule has 0 aliphatic carbocycles. The Morgan fingerprint density at radius 3 is 1.82 bits per heavy atom. The van der Waals surface area contributed by atoms with E-state index < -0.39 is 5.97 Å². The molecule has 2 heteroatoms. The minimum Gasteiger partial charge on any atom is -0.481 e. The number of carboxylic acids is 1. The van der Waals surface area contributed by atoms with Gasteiger partial charge in [-0.25, -0.2) is 0 Å². The Morgan fingerprint density at radius 2 is 1.23 bits per heavy atom. The molecular weight excluding hydrogens is 272 g/mol. The van der Waals surface area contributed by atoms with Gasteiger partial charge in [-0.3, -0.25) is 4.79 Å². The standard InChI is InChI=1S/C20H32O2/c1-2-3-4-5-6-7-8-9-10-11-12-13-14-15-16-17-18-19-20(21)22/h6-7,9-10,12-13,16-17H,2-5,8,11,14-15,18-19H2,1H3,(H,21,22)/b7-6-,10-9-,13-12-,17-16-. The predicted octanol–water partition coefficient (Wildman–Crippen LogP) is 6.22. The molecule has 0 saturated heterocycles. The van der Waals surface area contributed by atoms with Crippen LogP contribution in [0.4, 0.5) is 0 Å². The molecule has 0 aliphatic rings. The minimum atomic E-state index is -0.730. The number of allylic oxidation sites excluding steroid dienone is 8. The second-order valence-corrected chi connectivity index (χ2v) is 5.36. The van der Waals surface area contributed by atoms with Gasteiger partial charge >= 0.3 is 5.97 Å². The van der Waals surface area contributed by atoms with Gasteiger partial charge in [0.05, 0.1) is 0 Å². The van der Waals surface area contributed by atoms with Gasteiger partial charge in [0.1, 0.15) is 0 Å². The van der Waals surface area contributed by atoms with Crippen LogP contribution >= 0.6 is 0 Å². The van der Waals surface area contributed by atoms with E-state index in [0.29, 0.717) is 6.42 Å². The van der Waals surface area contributed by atoms with E-state index in [1.807, 2.05) is 6.08 Å². The second kappa shape index (κ2) is 17.5. The van der Waals surface area contributed by atoms with Crippen molar-refractivity contribution in [2.24, 2.45) is 0 Å². The summed E-state index contributed by atoms with van der Waals surface area (Å²) in [5, 5.41) is 8.48. The number of unbranched alkanes of at least 4 members (excludes halogenated alkanes) is 4. The van der Waals surface area contributed by atoms with Crippen LogP contribution in [0.3, 0.4) is 0 Å². The van der Waals surface area contributed by atoms with Crippen molar-refractivity contribution in [2.75, 3.05) is 0 Å². The van der Waals surface area contributed by atoms with Crippen LogP contribution in [0.2, 0.25) is 0 Å². The Labute approximate surface area is 136 Å². The zero-order valence-electron chi connectivity index (χ0n) is 14.0. The molecule has 0 rings (SSSR count). The van der Waals surface area contributed by atoms with E-state index in [0.717, 1.165) is 25.7 Å². The zero-order valence-corrected chi connectivity index (χ0v) is 14.0. The van der Waals surface area contributed by atoms with Crippen LogP contribution in [0.25, 0.3) is 0 Å². The Morgan fingerprint density at radius 1 is 0.727 bits per heavy atom. The number of aliphatic carboxylic acids is 1. The van der Waals surface area contributed by atoms with Crippen LogP contribution in [0.1, 0.15) is 71.1 Å². The van der Waals surface area contributed by atoms with E-state index in [4.69, 9.17) is 5.11 Å². The minimum absolute atomic E-state index is 0.226. The fraction of sp³-hybridized carbons (Fsp3) is 0.550. The smallest absolute Gasteiger partial charge is 0.303 e. The lowest BCUT2D eigenvalue weighted by atomic mass is 10.2. The summed E-state index contributed by atoms with van der Waals surface area (Å²) in [4.78, 5) is 10.3. The maximum Gasteiger partial charge on any atom is 0.303 e. The molecule has 0 aromatic carbocycles. The normalized spacial score (nSPS) is 12.4. The third-order valence-corrected chi connectivity index (χ3v) is 3.21. The maximum atomic E-state index is 10.3. The number of rotatable bonds is 14. The fourth-order valence-electron chi connectivity index (χ4n) is 1.92. The van der Waals surface area contributed by atoms with Crippen LogP contribution in [0.5, 0.6) is 0 Å². The predicted molar refractivity (Wildman–Crippen MR) is 96.0 cm³/mol. The fourth-order valence-corrected chi connectivity index (χ4v) is 1.92. The molecule has 0 aromatic rings. The van der Waals surface area contributed by atoms with E-state index >= 15 is 0 Å². The van der Waals surface area contributed by atoms with Crippen molar-refractivity contribution >= 4 is 5.97 Å². The molecule has 0 aliphatic heterocycles. The summed E-state index contributed by atoms with van der Waals surface area (Å²) in [5.74, 6) is -0.730. The van der Waals surface area contributed by atoms with E-state index in [-0.39, 0.29) is 6.42 Å². The first kappa shape index (κ1) is 20.4. The summed E-state index contributed by atoms with van der Waals surface area (Å²) >= 11 is 0. The SMILES string of the molecule is CCCCC/C=C\C/C=C\C/C=C\CC/C=C\CCC(=O)O. The monoisotopic (exact) mass is 304 g/mol. The van der Waals surface area contributed by atoms with Gasteiger partial charge in [-0.15, -0.1) is 0 Å². The average molecular weight is 304 g/mol. The second-order valence-electron chi connectivity index (χ2n) is 5.36. The van der Waals surface area contributed by atoms with Crippen molar-refractivity contribution in [3.63, 3.8) is 0 Å². The van der Waals surface area contributed by atoms with Crippen LogP contribution in [0.15, 0.2) is 48.6 Å². The summed E-state index contributed by atoms with van der Waals surface area (Å²) in [6.07, 6.45) is 27.4. The van der Waals surface area contributed by atoms with Gasteiger partial charge in [0, 0.05) is 6.42 Å². The number of hydrogen-bond acceptors (Lipinski definition) is 1. The van der Waals surface area contributed by atoms with Crippen molar-refractivity contribution in [2.45, 2.75) is 71.1 Å². The van der Waals surface area contributed by atoms with Crippen LogP contribution in [-0.4, -0.2) is 11.1 Å². The number of carboxylic acid groups (broad SMARTS) is 1. The van der Waals surface area contributed by atoms with E-state index in [1.165, 1.54) is 25.7 Å². The Hall–Kier alpha value is -1.57. The first-order chi connectivity index (χ1) is 10.8. The van der Waals surface area contributed by atoms with Gasteiger partial charge < -0.3 is 5.11 Å². The molecule has 0 spiro atoms. The largest absolute Gasteiger partial charge is 0.481 e. The highest BCUT2D eigenvalue weighted by Gasteiger charge is 1.90. The van der Waals surface area contributed by atoms with Crippen LogP contribution in [0, 0.1) is 0 Å².